The minimum atomic E-state index is 0.0479. The van der Waals surface area contributed by atoms with E-state index in [1.165, 1.54) is 0 Å². The lowest BCUT2D eigenvalue weighted by Gasteiger charge is -1.98. The summed E-state index contributed by atoms with van der Waals surface area (Å²) in [6, 6.07) is 2.21. The number of rotatable bonds is 3. The first kappa shape index (κ1) is 9.79. The predicted octanol–water partition coefficient (Wildman–Crippen LogP) is 1.98. The molecule has 1 heterocycles. The number of imidazole rings is 1. The van der Waals surface area contributed by atoms with Gasteiger partial charge in [-0.05, 0) is 13.8 Å². The fourth-order valence-corrected chi connectivity index (χ4v) is 1.27. The lowest BCUT2D eigenvalue weighted by Crippen LogP contribution is -1.98. The summed E-state index contributed by atoms with van der Waals surface area (Å²) < 4.78 is 0. The molecule has 0 saturated carbocycles. The van der Waals surface area contributed by atoms with Crippen molar-refractivity contribution in [2.45, 2.75) is 33.6 Å². The Balaban J connectivity index is 2.77. The van der Waals surface area contributed by atoms with Crippen molar-refractivity contribution < 1.29 is 0 Å². The Morgan fingerprint density at radius 2 is 2.31 bits per heavy atom. The van der Waals surface area contributed by atoms with Crippen LogP contribution in [-0.4, -0.2) is 9.97 Å². The lowest BCUT2D eigenvalue weighted by molar-refractivity contribution is 0.719. The second-order valence-corrected chi connectivity index (χ2v) is 3.34. The van der Waals surface area contributed by atoms with Gasteiger partial charge >= 0.3 is 0 Å². The lowest BCUT2D eigenvalue weighted by atomic mass is 10.1. The van der Waals surface area contributed by atoms with Gasteiger partial charge in [0.15, 0.2) is 0 Å². The fraction of sp³-hybridized carbons (Fsp3) is 0.600. The number of aryl methyl sites for hydroxylation is 2. The highest BCUT2D eigenvalue weighted by atomic mass is 14.9. The van der Waals surface area contributed by atoms with Crippen LogP contribution in [0.2, 0.25) is 0 Å². The van der Waals surface area contributed by atoms with Gasteiger partial charge in [0.05, 0.1) is 11.8 Å². The zero-order chi connectivity index (χ0) is 9.84. The first-order valence-corrected chi connectivity index (χ1v) is 4.61. The van der Waals surface area contributed by atoms with Gasteiger partial charge in [-0.3, -0.25) is 0 Å². The van der Waals surface area contributed by atoms with E-state index in [-0.39, 0.29) is 5.92 Å². The number of aromatic amines is 1. The minimum Gasteiger partial charge on any atom is -0.346 e. The van der Waals surface area contributed by atoms with Gasteiger partial charge in [0.1, 0.15) is 5.82 Å². The van der Waals surface area contributed by atoms with Crippen LogP contribution < -0.4 is 0 Å². The molecule has 1 atom stereocenters. The molecule has 0 fully saturated rings. The molecule has 0 aliphatic rings. The van der Waals surface area contributed by atoms with Gasteiger partial charge in [0, 0.05) is 24.5 Å². The van der Waals surface area contributed by atoms with Crippen molar-refractivity contribution in [2.24, 2.45) is 5.92 Å². The number of nitrogens with one attached hydrogen (secondary N) is 1. The van der Waals surface area contributed by atoms with Gasteiger partial charge in [-0.25, -0.2) is 4.98 Å². The minimum absolute atomic E-state index is 0.0479. The average molecular weight is 177 g/mol. The second kappa shape index (κ2) is 4.08. The van der Waals surface area contributed by atoms with Crippen LogP contribution in [0.15, 0.2) is 0 Å². The van der Waals surface area contributed by atoms with Crippen LogP contribution in [0.25, 0.3) is 0 Å². The van der Waals surface area contributed by atoms with E-state index in [0.717, 1.165) is 30.1 Å². The normalized spacial score (nSPS) is 12.5. The Morgan fingerprint density at radius 1 is 1.62 bits per heavy atom. The number of nitriles is 1. The average Bonchev–Trinajstić information content (AvgIpc) is 2.47. The summed E-state index contributed by atoms with van der Waals surface area (Å²) in [5.41, 5.74) is 2.13. The summed E-state index contributed by atoms with van der Waals surface area (Å²) in [5.74, 6) is 1.06. The van der Waals surface area contributed by atoms with E-state index in [1.807, 2.05) is 13.8 Å². The topological polar surface area (TPSA) is 52.5 Å². The fourth-order valence-electron chi connectivity index (χ4n) is 1.27. The molecule has 0 bridgehead atoms. The number of hydrogen-bond acceptors (Lipinski definition) is 2. The molecule has 1 unspecified atom stereocenters. The molecule has 0 radical (unpaired) electrons. The maximum Gasteiger partial charge on any atom is 0.106 e. The highest BCUT2D eigenvalue weighted by molar-refractivity contribution is 5.14. The quantitative estimate of drug-likeness (QED) is 0.767. The van der Waals surface area contributed by atoms with E-state index in [0.29, 0.717) is 0 Å². The molecule has 1 N–H and O–H groups in total. The number of aromatic nitrogens is 2. The van der Waals surface area contributed by atoms with E-state index in [9.17, 15) is 0 Å². The number of hydrogen-bond donors (Lipinski definition) is 1. The largest absolute Gasteiger partial charge is 0.346 e. The van der Waals surface area contributed by atoms with Crippen LogP contribution in [0.3, 0.4) is 0 Å². The van der Waals surface area contributed by atoms with E-state index in [2.05, 4.69) is 23.0 Å². The van der Waals surface area contributed by atoms with Crippen LogP contribution >= 0.6 is 0 Å². The van der Waals surface area contributed by atoms with Gasteiger partial charge in [0.2, 0.25) is 0 Å². The summed E-state index contributed by atoms with van der Waals surface area (Å²) in [4.78, 5) is 7.61. The Morgan fingerprint density at radius 3 is 2.77 bits per heavy atom. The molecule has 0 aliphatic carbocycles. The molecule has 1 rings (SSSR count). The van der Waals surface area contributed by atoms with E-state index >= 15 is 0 Å². The Hall–Kier alpha value is -1.30. The maximum atomic E-state index is 8.66. The highest BCUT2D eigenvalue weighted by Crippen LogP contribution is 2.10. The van der Waals surface area contributed by atoms with E-state index in [1.54, 1.807) is 0 Å². The van der Waals surface area contributed by atoms with Crippen LogP contribution in [0.1, 0.15) is 31.1 Å². The third kappa shape index (κ3) is 2.32. The van der Waals surface area contributed by atoms with Gasteiger partial charge < -0.3 is 4.98 Å². The molecule has 0 spiro atoms. The monoisotopic (exact) mass is 177 g/mol. The van der Waals surface area contributed by atoms with E-state index < -0.39 is 0 Å². The first-order valence-electron chi connectivity index (χ1n) is 4.61. The zero-order valence-corrected chi connectivity index (χ0v) is 8.39. The molecule has 0 aromatic carbocycles. The molecule has 13 heavy (non-hydrogen) atoms. The molecule has 70 valence electrons. The molecule has 1 aromatic heterocycles. The summed E-state index contributed by atoms with van der Waals surface area (Å²) in [6.45, 7) is 5.99. The summed E-state index contributed by atoms with van der Waals surface area (Å²) in [7, 11) is 0. The van der Waals surface area contributed by atoms with Crippen LogP contribution in [0, 0.1) is 24.2 Å². The molecule has 1 aromatic rings. The van der Waals surface area contributed by atoms with Crippen molar-refractivity contribution in [3.63, 3.8) is 0 Å². The zero-order valence-electron chi connectivity index (χ0n) is 8.39. The van der Waals surface area contributed by atoms with Crippen molar-refractivity contribution in [3.8, 4) is 6.07 Å². The summed E-state index contributed by atoms with van der Waals surface area (Å²) >= 11 is 0. The standard InChI is InChI=1S/C10H15N3/c1-4-10-12-8(3)9(13-10)5-7(2)6-11/h7H,4-5H2,1-3H3,(H,12,13). The Labute approximate surface area is 78.8 Å². The van der Waals surface area contributed by atoms with Crippen molar-refractivity contribution in [3.05, 3.63) is 17.2 Å². The third-order valence-electron chi connectivity index (χ3n) is 2.09. The summed E-state index contributed by atoms with van der Waals surface area (Å²) in [5, 5.41) is 8.66. The smallest absolute Gasteiger partial charge is 0.106 e. The van der Waals surface area contributed by atoms with Crippen molar-refractivity contribution in [1.29, 1.82) is 5.26 Å². The summed E-state index contributed by atoms with van der Waals surface area (Å²) in [6.07, 6.45) is 1.67. The molecule has 0 amide bonds. The van der Waals surface area contributed by atoms with Crippen LogP contribution in [0.5, 0.6) is 0 Å². The molecular formula is C10H15N3. The van der Waals surface area contributed by atoms with Gasteiger partial charge in [-0.1, -0.05) is 6.92 Å². The molecule has 0 aliphatic heterocycles. The first-order chi connectivity index (χ1) is 6.17. The SMILES string of the molecule is CCc1nc(CC(C)C#N)c(C)[nH]1. The second-order valence-electron chi connectivity index (χ2n) is 3.34. The molecule has 3 nitrogen and oxygen atoms in total. The highest BCUT2D eigenvalue weighted by Gasteiger charge is 2.08. The van der Waals surface area contributed by atoms with Crippen LogP contribution in [0.4, 0.5) is 0 Å². The molecule has 0 saturated heterocycles. The Bertz CT molecular complexity index is 319. The predicted molar refractivity (Wildman–Crippen MR) is 51.2 cm³/mol. The third-order valence-corrected chi connectivity index (χ3v) is 2.09. The molecular weight excluding hydrogens is 162 g/mol. The number of nitrogens with zero attached hydrogens (tertiary/aromatic N) is 2. The molecule has 3 heteroatoms. The maximum absolute atomic E-state index is 8.66. The van der Waals surface area contributed by atoms with Gasteiger partial charge in [-0.2, -0.15) is 5.26 Å². The number of H-pyrrole nitrogens is 1. The Kier molecular flexibility index (Phi) is 3.07. The van der Waals surface area contributed by atoms with Gasteiger partial charge in [0.25, 0.3) is 0 Å². The van der Waals surface area contributed by atoms with Crippen molar-refractivity contribution in [1.82, 2.24) is 9.97 Å². The van der Waals surface area contributed by atoms with Crippen molar-refractivity contribution in [2.75, 3.05) is 0 Å². The van der Waals surface area contributed by atoms with Gasteiger partial charge in [-0.15, -0.1) is 0 Å². The van der Waals surface area contributed by atoms with Crippen molar-refractivity contribution >= 4 is 0 Å². The van der Waals surface area contributed by atoms with E-state index in [4.69, 9.17) is 5.26 Å². The van der Waals surface area contributed by atoms with Crippen LogP contribution in [-0.2, 0) is 12.8 Å².